The van der Waals surface area contributed by atoms with E-state index < -0.39 is 10.0 Å². The molecule has 0 spiro atoms. The van der Waals surface area contributed by atoms with E-state index in [1.807, 2.05) is 13.0 Å². The molecular weight excluding hydrogens is 370 g/mol. The minimum atomic E-state index is -3.52. The summed E-state index contributed by atoms with van der Waals surface area (Å²) in [7, 11) is -3.52. The molecule has 0 aliphatic rings. The first kappa shape index (κ1) is 18.5. The molecule has 6 nitrogen and oxygen atoms in total. The van der Waals surface area contributed by atoms with Crippen LogP contribution in [0.4, 0.5) is 0 Å². The Bertz CT molecular complexity index is 1010. The molecule has 0 fully saturated rings. The second kappa shape index (κ2) is 7.94. The minimum absolute atomic E-state index is 0.193. The van der Waals surface area contributed by atoms with E-state index in [9.17, 15) is 13.2 Å². The Labute approximate surface area is 156 Å². The molecule has 26 heavy (non-hydrogen) atoms. The molecule has 0 bridgehead atoms. The van der Waals surface area contributed by atoms with Crippen LogP contribution in [0.25, 0.3) is 10.2 Å². The topological polar surface area (TPSA) is 88.2 Å². The van der Waals surface area contributed by atoms with Crippen LogP contribution < -0.4 is 10.0 Å². The summed E-state index contributed by atoms with van der Waals surface area (Å²) >= 11 is 1.53. The fourth-order valence-electron chi connectivity index (χ4n) is 2.40. The molecular formula is C18H19N3O3S2. The Hall–Kier alpha value is -2.29. The lowest BCUT2D eigenvalue weighted by molar-refractivity contribution is 0.0953. The van der Waals surface area contributed by atoms with Gasteiger partial charge >= 0.3 is 0 Å². The standard InChI is InChI=1S/C18H19N3O3S2/c1-13-3-6-15(7-4-13)26(23,24)21-10-2-9-19-18(22)14-5-8-17-16(11-14)20-12-25-17/h3-8,11-12,21H,2,9-10H2,1H3,(H,19,22). The molecule has 1 aromatic heterocycles. The van der Waals surface area contributed by atoms with Gasteiger partial charge in [0.05, 0.1) is 20.6 Å². The van der Waals surface area contributed by atoms with Crippen molar-refractivity contribution < 1.29 is 13.2 Å². The van der Waals surface area contributed by atoms with Crippen LogP contribution in [0.3, 0.4) is 0 Å². The summed E-state index contributed by atoms with van der Waals surface area (Å²) < 4.78 is 27.9. The molecule has 0 saturated heterocycles. The first-order valence-corrected chi connectivity index (χ1v) is 10.5. The lowest BCUT2D eigenvalue weighted by Gasteiger charge is -2.08. The van der Waals surface area contributed by atoms with Gasteiger partial charge < -0.3 is 5.32 Å². The van der Waals surface area contributed by atoms with Crippen LogP contribution in [0.1, 0.15) is 22.3 Å². The van der Waals surface area contributed by atoms with Crippen LogP contribution in [0.5, 0.6) is 0 Å². The van der Waals surface area contributed by atoms with E-state index in [0.29, 0.717) is 18.5 Å². The van der Waals surface area contributed by atoms with Gasteiger partial charge in [-0.25, -0.2) is 18.1 Å². The van der Waals surface area contributed by atoms with E-state index in [1.165, 1.54) is 11.3 Å². The van der Waals surface area contributed by atoms with Crippen LogP contribution in [0.15, 0.2) is 52.9 Å². The van der Waals surface area contributed by atoms with Crippen molar-refractivity contribution in [2.24, 2.45) is 0 Å². The van der Waals surface area contributed by atoms with Crippen molar-refractivity contribution in [2.75, 3.05) is 13.1 Å². The third-order valence-electron chi connectivity index (χ3n) is 3.86. The molecule has 0 radical (unpaired) electrons. The van der Waals surface area contributed by atoms with Gasteiger partial charge in [-0.2, -0.15) is 0 Å². The van der Waals surface area contributed by atoms with Gasteiger partial charge in [0.2, 0.25) is 10.0 Å². The number of nitrogens with zero attached hydrogens (tertiary/aromatic N) is 1. The molecule has 0 saturated carbocycles. The summed E-state index contributed by atoms with van der Waals surface area (Å²) in [6.45, 7) is 2.53. The molecule has 3 aromatic rings. The second-order valence-corrected chi connectivity index (χ2v) is 8.51. The number of rotatable bonds is 7. The Balaban J connectivity index is 1.46. The van der Waals surface area contributed by atoms with Gasteiger partial charge in [-0.05, 0) is 43.7 Å². The highest BCUT2D eigenvalue weighted by atomic mass is 32.2. The number of fused-ring (bicyclic) bond motifs is 1. The van der Waals surface area contributed by atoms with Crippen molar-refractivity contribution in [2.45, 2.75) is 18.2 Å². The van der Waals surface area contributed by atoms with Gasteiger partial charge in [0.25, 0.3) is 5.91 Å². The number of aromatic nitrogens is 1. The average Bonchev–Trinajstić information content (AvgIpc) is 3.09. The Kier molecular flexibility index (Phi) is 5.65. The molecule has 0 unspecified atom stereocenters. The molecule has 136 valence electrons. The van der Waals surface area contributed by atoms with E-state index in [-0.39, 0.29) is 17.3 Å². The zero-order chi connectivity index (χ0) is 18.6. The molecule has 0 atom stereocenters. The SMILES string of the molecule is Cc1ccc(S(=O)(=O)NCCCNC(=O)c2ccc3scnc3c2)cc1. The molecule has 0 aliphatic carbocycles. The van der Waals surface area contributed by atoms with Crippen LogP contribution in [-0.2, 0) is 10.0 Å². The van der Waals surface area contributed by atoms with Crippen molar-refractivity contribution in [1.29, 1.82) is 0 Å². The zero-order valence-electron chi connectivity index (χ0n) is 14.2. The van der Waals surface area contributed by atoms with Crippen molar-refractivity contribution >= 4 is 37.5 Å². The molecule has 1 heterocycles. The lowest BCUT2D eigenvalue weighted by Crippen LogP contribution is -2.30. The first-order valence-electron chi connectivity index (χ1n) is 8.13. The second-order valence-electron chi connectivity index (χ2n) is 5.86. The number of aryl methyl sites for hydroxylation is 1. The number of benzene rings is 2. The average molecular weight is 390 g/mol. The Morgan fingerprint density at radius 2 is 1.88 bits per heavy atom. The molecule has 1 amide bonds. The number of thiazole rings is 1. The predicted molar refractivity (Wildman–Crippen MR) is 103 cm³/mol. The monoisotopic (exact) mass is 389 g/mol. The van der Waals surface area contributed by atoms with Crippen molar-refractivity contribution in [1.82, 2.24) is 15.0 Å². The minimum Gasteiger partial charge on any atom is -0.352 e. The van der Waals surface area contributed by atoms with Gasteiger partial charge in [0.1, 0.15) is 0 Å². The normalized spacial score (nSPS) is 11.6. The number of amides is 1. The molecule has 8 heteroatoms. The van der Waals surface area contributed by atoms with Crippen LogP contribution in [0, 0.1) is 6.92 Å². The highest BCUT2D eigenvalue weighted by Crippen LogP contribution is 2.18. The van der Waals surface area contributed by atoms with E-state index in [2.05, 4.69) is 15.0 Å². The number of sulfonamides is 1. The highest BCUT2D eigenvalue weighted by molar-refractivity contribution is 7.89. The van der Waals surface area contributed by atoms with Gasteiger partial charge in [0, 0.05) is 18.7 Å². The summed E-state index contributed by atoms with van der Waals surface area (Å²) in [6, 6.07) is 12.1. The van der Waals surface area contributed by atoms with E-state index in [0.717, 1.165) is 15.8 Å². The third kappa shape index (κ3) is 4.46. The number of hydrogen-bond donors (Lipinski definition) is 2. The molecule has 3 rings (SSSR count). The van der Waals surface area contributed by atoms with Gasteiger partial charge in [0.15, 0.2) is 0 Å². The number of nitrogens with one attached hydrogen (secondary N) is 2. The Morgan fingerprint density at radius 3 is 2.65 bits per heavy atom. The largest absolute Gasteiger partial charge is 0.352 e. The number of hydrogen-bond acceptors (Lipinski definition) is 5. The summed E-state index contributed by atoms with van der Waals surface area (Å²) in [5.41, 5.74) is 4.09. The maximum absolute atomic E-state index is 12.2. The molecule has 0 aliphatic heterocycles. The molecule has 2 N–H and O–H groups in total. The number of carbonyl (C=O) groups is 1. The predicted octanol–water partition coefficient (Wildman–Crippen LogP) is 2.70. The van der Waals surface area contributed by atoms with Crippen molar-refractivity contribution in [3.05, 3.63) is 59.1 Å². The van der Waals surface area contributed by atoms with Crippen molar-refractivity contribution in [3.63, 3.8) is 0 Å². The maximum atomic E-state index is 12.2. The van der Waals surface area contributed by atoms with Crippen LogP contribution >= 0.6 is 11.3 Å². The highest BCUT2D eigenvalue weighted by Gasteiger charge is 2.13. The van der Waals surface area contributed by atoms with Gasteiger partial charge in [-0.15, -0.1) is 11.3 Å². The quantitative estimate of drug-likeness (QED) is 0.608. The third-order valence-corrected chi connectivity index (χ3v) is 6.14. The smallest absolute Gasteiger partial charge is 0.251 e. The maximum Gasteiger partial charge on any atom is 0.251 e. The van der Waals surface area contributed by atoms with Crippen LogP contribution in [0.2, 0.25) is 0 Å². The van der Waals surface area contributed by atoms with Gasteiger partial charge in [-0.3, -0.25) is 4.79 Å². The summed E-state index contributed by atoms with van der Waals surface area (Å²) in [6.07, 6.45) is 0.496. The first-order chi connectivity index (χ1) is 12.5. The fourth-order valence-corrected chi connectivity index (χ4v) is 4.13. The van der Waals surface area contributed by atoms with Crippen LogP contribution in [-0.4, -0.2) is 32.4 Å². The zero-order valence-corrected chi connectivity index (χ0v) is 15.9. The summed E-state index contributed by atoms with van der Waals surface area (Å²) in [4.78, 5) is 16.6. The van der Waals surface area contributed by atoms with E-state index >= 15 is 0 Å². The van der Waals surface area contributed by atoms with Gasteiger partial charge in [-0.1, -0.05) is 17.7 Å². The Morgan fingerprint density at radius 1 is 1.12 bits per heavy atom. The number of carbonyl (C=O) groups excluding carboxylic acids is 1. The molecule has 2 aromatic carbocycles. The lowest BCUT2D eigenvalue weighted by atomic mass is 10.2. The van der Waals surface area contributed by atoms with E-state index in [1.54, 1.807) is 41.9 Å². The van der Waals surface area contributed by atoms with Crippen molar-refractivity contribution in [3.8, 4) is 0 Å². The fraction of sp³-hybridized carbons (Fsp3) is 0.222. The van der Waals surface area contributed by atoms with E-state index in [4.69, 9.17) is 0 Å². The summed E-state index contributed by atoms with van der Waals surface area (Å²) in [5, 5.41) is 2.79. The summed E-state index contributed by atoms with van der Waals surface area (Å²) in [5.74, 6) is -0.193.